The van der Waals surface area contributed by atoms with Crippen molar-refractivity contribution in [3.63, 3.8) is 0 Å². The quantitative estimate of drug-likeness (QED) is 0.695. The zero-order valence-corrected chi connectivity index (χ0v) is 8.67. The highest BCUT2D eigenvalue weighted by atomic mass is 16.5. The van der Waals surface area contributed by atoms with E-state index >= 15 is 0 Å². The van der Waals surface area contributed by atoms with Gasteiger partial charge in [-0.25, -0.2) is 0 Å². The maximum Gasteiger partial charge on any atom is 0.213 e. The molecule has 0 bridgehead atoms. The molecule has 0 saturated carbocycles. The van der Waals surface area contributed by atoms with Gasteiger partial charge in [-0.1, -0.05) is 5.16 Å². The summed E-state index contributed by atoms with van der Waals surface area (Å²) in [7, 11) is 0. The summed E-state index contributed by atoms with van der Waals surface area (Å²) in [6, 6.07) is 3.49. The summed E-state index contributed by atoms with van der Waals surface area (Å²) in [6.45, 7) is 1.11. The second-order valence-corrected chi connectivity index (χ2v) is 3.33. The van der Waals surface area contributed by atoms with E-state index in [9.17, 15) is 5.11 Å². The topological polar surface area (TPSA) is 84.3 Å². The van der Waals surface area contributed by atoms with E-state index < -0.39 is 6.10 Å². The Morgan fingerprint density at radius 1 is 1.50 bits per heavy atom. The normalized spacial score (nSPS) is 12.8. The molecule has 1 atom stereocenters. The molecule has 0 amide bonds. The standard InChI is InChI=1S/C10H13N3O3/c14-8(9-2-1-5-15-9)6-11-4-3-10-12-7-16-13-10/h1-2,5,7-8,11,14H,3-4,6H2. The Kier molecular flexibility index (Phi) is 3.68. The van der Waals surface area contributed by atoms with Crippen LogP contribution in [0.1, 0.15) is 17.7 Å². The van der Waals surface area contributed by atoms with Gasteiger partial charge in [0.2, 0.25) is 6.39 Å². The third-order valence-corrected chi connectivity index (χ3v) is 2.14. The van der Waals surface area contributed by atoms with Crippen LogP contribution in [0.3, 0.4) is 0 Å². The molecule has 1 unspecified atom stereocenters. The highest BCUT2D eigenvalue weighted by Crippen LogP contribution is 2.11. The average molecular weight is 223 g/mol. The van der Waals surface area contributed by atoms with Crippen molar-refractivity contribution in [1.82, 2.24) is 15.5 Å². The smallest absolute Gasteiger partial charge is 0.213 e. The Morgan fingerprint density at radius 2 is 2.44 bits per heavy atom. The van der Waals surface area contributed by atoms with E-state index in [4.69, 9.17) is 4.42 Å². The number of nitrogens with one attached hydrogen (secondary N) is 1. The van der Waals surface area contributed by atoms with E-state index in [0.29, 0.717) is 31.1 Å². The summed E-state index contributed by atoms with van der Waals surface area (Å²) in [5, 5.41) is 16.4. The molecule has 6 heteroatoms. The van der Waals surface area contributed by atoms with Gasteiger partial charge in [-0.2, -0.15) is 4.98 Å². The number of rotatable bonds is 6. The maximum absolute atomic E-state index is 9.66. The maximum atomic E-state index is 9.66. The molecule has 0 aliphatic rings. The highest BCUT2D eigenvalue weighted by molar-refractivity contribution is 5.02. The zero-order chi connectivity index (χ0) is 11.2. The van der Waals surface area contributed by atoms with Crippen LogP contribution in [0.2, 0.25) is 0 Å². The molecule has 0 aliphatic heterocycles. The first-order chi connectivity index (χ1) is 7.86. The average Bonchev–Trinajstić information content (AvgIpc) is 2.96. The third-order valence-electron chi connectivity index (χ3n) is 2.14. The Hall–Kier alpha value is -1.66. The number of aromatic nitrogens is 2. The summed E-state index contributed by atoms with van der Waals surface area (Å²) >= 11 is 0. The molecule has 0 spiro atoms. The first kappa shape index (κ1) is 10.8. The van der Waals surface area contributed by atoms with Crippen LogP contribution in [0.4, 0.5) is 0 Å². The monoisotopic (exact) mass is 223 g/mol. The van der Waals surface area contributed by atoms with E-state index in [1.165, 1.54) is 12.7 Å². The Morgan fingerprint density at radius 3 is 3.12 bits per heavy atom. The first-order valence-corrected chi connectivity index (χ1v) is 5.03. The highest BCUT2D eigenvalue weighted by Gasteiger charge is 2.09. The van der Waals surface area contributed by atoms with Crippen LogP contribution < -0.4 is 5.32 Å². The minimum Gasteiger partial charge on any atom is -0.467 e. The Balaban J connectivity index is 1.65. The lowest BCUT2D eigenvalue weighted by molar-refractivity contribution is 0.148. The van der Waals surface area contributed by atoms with E-state index in [2.05, 4.69) is 20.0 Å². The van der Waals surface area contributed by atoms with Crippen molar-refractivity contribution in [2.45, 2.75) is 12.5 Å². The van der Waals surface area contributed by atoms with E-state index in [-0.39, 0.29) is 0 Å². The Bertz CT molecular complexity index is 385. The van der Waals surface area contributed by atoms with Gasteiger partial charge in [0.25, 0.3) is 0 Å². The minimum atomic E-state index is -0.625. The molecule has 0 saturated heterocycles. The van der Waals surface area contributed by atoms with Gasteiger partial charge in [0.15, 0.2) is 5.82 Å². The van der Waals surface area contributed by atoms with Gasteiger partial charge in [-0.05, 0) is 12.1 Å². The molecule has 6 nitrogen and oxygen atoms in total. The summed E-state index contributed by atoms with van der Waals surface area (Å²) < 4.78 is 9.67. The second-order valence-electron chi connectivity index (χ2n) is 3.33. The molecule has 0 aliphatic carbocycles. The molecule has 0 aromatic carbocycles. The van der Waals surface area contributed by atoms with Crippen molar-refractivity contribution in [3.8, 4) is 0 Å². The number of aliphatic hydroxyl groups is 1. The number of nitrogens with zero attached hydrogens (tertiary/aromatic N) is 2. The molecule has 16 heavy (non-hydrogen) atoms. The van der Waals surface area contributed by atoms with Crippen LogP contribution in [0.5, 0.6) is 0 Å². The lowest BCUT2D eigenvalue weighted by atomic mass is 10.2. The Labute approximate surface area is 92.3 Å². The van der Waals surface area contributed by atoms with Crippen molar-refractivity contribution >= 4 is 0 Å². The van der Waals surface area contributed by atoms with Crippen molar-refractivity contribution in [2.24, 2.45) is 0 Å². The molecule has 2 heterocycles. The zero-order valence-electron chi connectivity index (χ0n) is 8.67. The number of aliphatic hydroxyl groups excluding tert-OH is 1. The van der Waals surface area contributed by atoms with Gasteiger partial charge in [0.05, 0.1) is 6.26 Å². The van der Waals surface area contributed by atoms with Gasteiger partial charge in [-0.3, -0.25) is 0 Å². The van der Waals surface area contributed by atoms with Crippen molar-refractivity contribution in [1.29, 1.82) is 0 Å². The fraction of sp³-hybridized carbons (Fsp3) is 0.400. The van der Waals surface area contributed by atoms with Gasteiger partial charge >= 0.3 is 0 Å². The molecule has 2 aromatic heterocycles. The SMILES string of the molecule is OC(CNCCc1ncon1)c1ccco1. The number of hydrogen-bond acceptors (Lipinski definition) is 6. The van der Waals surface area contributed by atoms with Crippen LogP contribution in [0.25, 0.3) is 0 Å². The van der Waals surface area contributed by atoms with Crippen LogP contribution in [-0.2, 0) is 6.42 Å². The van der Waals surface area contributed by atoms with Crippen LogP contribution in [-0.4, -0.2) is 28.3 Å². The molecule has 2 aromatic rings. The van der Waals surface area contributed by atoms with Gasteiger partial charge < -0.3 is 19.4 Å². The van der Waals surface area contributed by atoms with Gasteiger partial charge in [-0.15, -0.1) is 0 Å². The van der Waals surface area contributed by atoms with E-state index in [1.54, 1.807) is 12.1 Å². The van der Waals surface area contributed by atoms with Crippen LogP contribution >= 0.6 is 0 Å². The van der Waals surface area contributed by atoms with Crippen LogP contribution in [0, 0.1) is 0 Å². The first-order valence-electron chi connectivity index (χ1n) is 5.03. The molecular weight excluding hydrogens is 210 g/mol. The molecular formula is C10H13N3O3. The fourth-order valence-electron chi connectivity index (χ4n) is 1.32. The predicted molar refractivity (Wildman–Crippen MR) is 54.5 cm³/mol. The fourth-order valence-corrected chi connectivity index (χ4v) is 1.32. The largest absolute Gasteiger partial charge is 0.467 e. The van der Waals surface area contributed by atoms with Crippen molar-refractivity contribution in [3.05, 3.63) is 36.4 Å². The molecule has 2 N–H and O–H groups in total. The lowest BCUT2D eigenvalue weighted by Crippen LogP contribution is -2.23. The predicted octanol–water partition coefficient (Wildman–Crippen LogP) is 0.528. The van der Waals surface area contributed by atoms with E-state index in [0.717, 1.165) is 0 Å². The summed E-state index contributed by atoms with van der Waals surface area (Å²) in [4.78, 5) is 3.88. The number of furan rings is 1. The van der Waals surface area contributed by atoms with Crippen LogP contribution in [0.15, 0.2) is 33.7 Å². The minimum absolute atomic E-state index is 0.436. The lowest BCUT2D eigenvalue weighted by Gasteiger charge is -2.08. The number of hydrogen-bond donors (Lipinski definition) is 2. The van der Waals surface area contributed by atoms with Crippen molar-refractivity contribution in [2.75, 3.05) is 13.1 Å². The van der Waals surface area contributed by atoms with E-state index in [1.807, 2.05) is 0 Å². The molecule has 0 fully saturated rings. The molecule has 0 radical (unpaired) electrons. The molecule has 2 rings (SSSR count). The second kappa shape index (κ2) is 5.43. The van der Waals surface area contributed by atoms with Gasteiger partial charge in [0.1, 0.15) is 11.9 Å². The van der Waals surface area contributed by atoms with Crippen molar-refractivity contribution < 1.29 is 14.0 Å². The van der Waals surface area contributed by atoms with Gasteiger partial charge in [0, 0.05) is 19.5 Å². The molecule has 86 valence electrons. The third kappa shape index (κ3) is 2.91. The summed E-state index contributed by atoms with van der Waals surface area (Å²) in [5.41, 5.74) is 0. The summed E-state index contributed by atoms with van der Waals surface area (Å²) in [5.74, 6) is 1.21. The summed E-state index contributed by atoms with van der Waals surface area (Å²) in [6.07, 6.45) is 2.88.